The summed E-state index contributed by atoms with van der Waals surface area (Å²) in [4.78, 5) is 4.48. The third-order valence-corrected chi connectivity index (χ3v) is 2.15. The zero-order chi connectivity index (χ0) is 9.80. The Hall–Kier alpha value is -1.35. The number of pyridine rings is 1. The van der Waals surface area contributed by atoms with Gasteiger partial charge in [0.25, 0.3) is 0 Å². The number of hydrogen-bond donors (Lipinski definition) is 1. The minimum Gasteiger partial charge on any atom is -0.311 e. The van der Waals surface area contributed by atoms with Crippen molar-refractivity contribution in [3.05, 3.63) is 36.3 Å². The Bertz CT molecular complexity index is 373. The van der Waals surface area contributed by atoms with Crippen molar-refractivity contribution in [1.29, 1.82) is 0 Å². The first-order chi connectivity index (χ1) is 6.90. The highest BCUT2D eigenvalue weighted by Gasteiger charge is 1.98. The first-order valence-electron chi connectivity index (χ1n) is 5.03. The van der Waals surface area contributed by atoms with Crippen molar-refractivity contribution in [3.63, 3.8) is 0 Å². The lowest BCUT2D eigenvalue weighted by atomic mass is 10.4. The summed E-state index contributed by atoms with van der Waals surface area (Å²) >= 11 is 0. The van der Waals surface area contributed by atoms with E-state index in [2.05, 4.69) is 23.4 Å². The molecule has 2 aromatic rings. The van der Waals surface area contributed by atoms with Gasteiger partial charge in [0.05, 0.1) is 5.69 Å². The molecular weight excluding hydrogens is 174 g/mol. The Kier molecular flexibility index (Phi) is 2.79. The molecule has 2 heterocycles. The second kappa shape index (κ2) is 4.24. The lowest BCUT2D eigenvalue weighted by molar-refractivity contribution is 0.667. The van der Waals surface area contributed by atoms with Gasteiger partial charge in [-0.25, -0.2) is 4.98 Å². The molecule has 0 aliphatic rings. The molecule has 0 unspecified atom stereocenters. The SMILES string of the molecule is CCCNCc1cn2ccccc2n1. The van der Waals surface area contributed by atoms with E-state index >= 15 is 0 Å². The number of hydrogen-bond acceptors (Lipinski definition) is 2. The highest BCUT2D eigenvalue weighted by atomic mass is 15.0. The molecule has 0 radical (unpaired) electrons. The molecule has 74 valence electrons. The molecule has 2 aromatic heterocycles. The second-order valence-electron chi connectivity index (χ2n) is 3.38. The van der Waals surface area contributed by atoms with Crippen LogP contribution >= 0.6 is 0 Å². The summed E-state index contributed by atoms with van der Waals surface area (Å²) in [6.45, 7) is 4.07. The summed E-state index contributed by atoms with van der Waals surface area (Å²) in [5, 5.41) is 3.34. The van der Waals surface area contributed by atoms with Crippen LogP contribution in [0.25, 0.3) is 5.65 Å². The maximum absolute atomic E-state index is 4.48. The molecular formula is C11H15N3. The van der Waals surface area contributed by atoms with Gasteiger partial charge in [0.1, 0.15) is 5.65 Å². The summed E-state index contributed by atoms with van der Waals surface area (Å²) in [5.41, 5.74) is 2.12. The van der Waals surface area contributed by atoms with Crippen LogP contribution < -0.4 is 5.32 Å². The Balaban J connectivity index is 2.11. The predicted molar refractivity (Wildman–Crippen MR) is 57.2 cm³/mol. The van der Waals surface area contributed by atoms with Crippen molar-refractivity contribution in [2.75, 3.05) is 6.54 Å². The first kappa shape index (κ1) is 9.21. The van der Waals surface area contributed by atoms with Crippen LogP contribution in [0, 0.1) is 0 Å². The molecule has 1 N–H and O–H groups in total. The smallest absolute Gasteiger partial charge is 0.137 e. The van der Waals surface area contributed by atoms with Crippen LogP contribution in [0.2, 0.25) is 0 Å². The van der Waals surface area contributed by atoms with Crippen LogP contribution in [0.15, 0.2) is 30.6 Å². The third-order valence-electron chi connectivity index (χ3n) is 2.15. The number of nitrogens with zero attached hydrogens (tertiary/aromatic N) is 2. The van der Waals surface area contributed by atoms with Crippen molar-refractivity contribution in [2.24, 2.45) is 0 Å². The number of nitrogens with one attached hydrogen (secondary N) is 1. The summed E-state index contributed by atoms with van der Waals surface area (Å²) < 4.78 is 2.04. The molecule has 0 atom stereocenters. The van der Waals surface area contributed by atoms with Crippen molar-refractivity contribution < 1.29 is 0 Å². The molecule has 0 aliphatic heterocycles. The molecule has 0 fully saturated rings. The highest BCUT2D eigenvalue weighted by Crippen LogP contribution is 2.03. The Morgan fingerprint density at radius 2 is 2.36 bits per heavy atom. The van der Waals surface area contributed by atoms with Crippen LogP contribution in [-0.2, 0) is 6.54 Å². The summed E-state index contributed by atoms with van der Waals surface area (Å²) in [5.74, 6) is 0. The summed E-state index contributed by atoms with van der Waals surface area (Å²) in [7, 11) is 0. The van der Waals surface area contributed by atoms with E-state index in [9.17, 15) is 0 Å². The number of imidazole rings is 1. The van der Waals surface area contributed by atoms with Crippen LogP contribution in [-0.4, -0.2) is 15.9 Å². The fraction of sp³-hybridized carbons (Fsp3) is 0.364. The number of rotatable bonds is 4. The molecule has 3 nitrogen and oxygen atoms in total. The topological polar surface area (TPSA) is 29.3 Å². The van der Waals surface area contributed by atoms with Crippen LogP contribution in [0.5, 0.6) is 0 Å². The van der Waals surface area contributed by atoms with Gasteiger partial charge in [0, 0.05) is 18.9 Å². The Morgan fingerprint density at radius 3 is 3.14 bits per heavy atom. The molecule has 3 heteroatoms. The van der Waals surface area contributed by atoms with E-state index in [1.54, 1.807) is 0 Å². The summed E-state index contributed by atoms with van der Waals surface area (Å²) in [6, 6.07) is 6.03. The van der Waals surface area contributed by atoms with E-state index in [4.69, 9.17) is 0 Å². The Labute approximate surface area is 83.8 Å². The van der Waals surface area contributed by atoms with Gasteiger partial charge in [-0.2, -0.15) is 0 Å². The fourth-order valence-corrected chi connectivity index (χ4v) is 1.47. The second-order valence-corrected chi connectivity index (χ2v) is 3.38. The lowest BCUT2D eigenvalue weighted by Gasteiger charge is -1.97. The fourth-order valence-electron chi connectivity index (χ4n) is 1.47. The number of fused-ring (bicyclic) bond motifs is 1. The van der Waals surface area contributed by atoms with Gasteiger partial charge in [-0.05, 0) is 25.1 Å². The maximum Gasteiger partial charge on any atom is 0.137 e. The third kappa shape index (κ3) is 1.93. The Morgan fingerprint density at radius 1 is 1.43 bits per heavy atom. The quantitative estimate of drug-likeness (QED) is 0.743. The predicted octanol–water partition coefficient (Wildman–Crippen LogP) is 1.83. The lowest BCUT2D eigenvalue weighted by Crippen LogP contribution is -2.13. The average Bonchev–Trinajstić information content (AvgIpc) is 2.60. The molecule has 14 heavy (non-hydrogen) atoms. The van der Waals surface area contributed by atoms with Crippen molar-refractivity contribution in [1.82, 2.24) is 14.7 Å². The van der Waals surface area contributed by atoms with Crippen LogP contribution in [0.1, 0.15) is 19.0 Å². The number of aromatic nitrogens is 2. The monoisotopic (exact) mass is 189 g/mol. The average molecular weight is 189 g/mol. The largest absolute Gasteiger partial charge is 0.311 e. The van der Waals surface area contributed by atoms with Gasteiger partial charge in [-0.15, -0.1) is 0 Å². The zero-order valence-electron chi connectivity index (χ0n) is 8.40. The summed E-state index contributed by atoms with van der Waals surface area (Å²) in [6.07, 6.45) is 5.25. The van der Waals surface area contributed by atoms with E-state index in [0.29, 0.717) is 0 Å². The van der Waals surface area contributed by atoms with Crippen molar-refractivity contribution in [3.8, 4) is 0 Å². The van der Waals surface area contributed by atoms with Crippen LogP contribution in [0.4, 0.5) is 0 Å². The van der Waals surface area contributed by atoms with E-state index in [1.165, 1.54) is 0 Å². The van der Waals surface area contributed by atoms with Gasteiger partial charge in [-0.3, -0.25) is 0 Å². The molecule has 0 saturated carbocycles. The van der Waals surface area contributed by atoms with Gasteiger partial charge >= 0.3 is 0 Å². The molecule has 0 aromatic carbocycles. The molecule has 0 spiro atoms. The van der Waals surface area contributed by atoms with Crippen molar-refractivity contribution in [2.45, 2.75) is 19.9 Å². The molecule has 0 bridgehead atoms. The van der Waals surface area contributed by atoms with E-state index in [1.807, 2.05) is 28.8 Å². The molecule has 0 saturated heterocycles. The highest BCUT2D eigenvalue weighted by molar-refractivity contribution is 5.39. The maximum atomic E-state index is 4.48. The van der Waals surface area contributed by atoms with E-state index < -0.39 is 0 Å². The first-order valence-corrected chi connectivity index (χ1v) is 5.03. The van der Waals surface area contributed by atoms with Gasteiger partial charge < -0.3 is 9.72 Å². The van der Waals surface area contributed by atoms with E-state index in [0.717, 1.165) is 30.9 Å². The van der Waals surface area contributed by atoms with Gasteiger partial charge in [0.2, 0.25) is 0 Å². The van der Waals surface area contributed by atoms with Gasteiger partial charge in [-0.1, -0.05) is 13.0 Å². The normalized spacial score (nSPS) is 10.9. The molecule has 2 rings (SSSR count). The standard InChI is InChI=1S/C11H15N3/c1-2-6-12-8-10-9-14-7-4-3-5-11(14)13-10/h3-5,7,9,12H,2,6,8H2,1H3. The molecule has 0 aliphatic carbocycles. The minimum atomic E-state index is 0.857. The van der Waals surface area contributed by atoms with E-state index in [-0.39, 0.29) is 0 Å². The van der Waals surface area contributed by atoms with Gasteiger partial charge in [0.15, 0.2) is 0 Å². The zero-order valence-corrected chi connectivity index (χ0v) is 8.40. The molecule has 0 amide bonds. The minimum absolute atomic E-state index is 0.857. The van der Waals surface area contributed by atoms with Crippen LogP contribution in [0.3, 0.4) is 0 Å². The van der Waals surface area contributed by atoms with Crippen molar-refractivity contribution >= 4 is 5.65 Å².